The minimum absolute atomic E-state index is 0.0385. The molecule has 1 aliphatic heterocycles. The van der Waals surface area contributed by atoms with Crippen LogP contribution in [0.4, 0.5) is 11.5 Å². The van der Waals surface area contributed by atoms with E-state index in [1.54, 1.807) is 0 Å². The summed E-state index contributed by atoms with van der Waals surface area (Å²) in [5.41, 5.74) is -0.195. The standard InChI is InChI=1S/C13H17N5O4/c1-14-13(20)10-5-3-7-17(10)11(19)8-16-12-9(18(21)22)4-2-6-15-12/h2,4,6,10H,3,5,7-8H2,1H3,(H,14,20)(H,15,16)/t10-/m1/s1. The van der Waals surface area contributed by atoms with Gasteiger partial charge in [0.05, 0.1) is 11.5 Å². The van der Waals surface area contributed by atoms with E-state index in [1.165, 1.54) is 30.3 Å². The van der Waals surface area contributed by atoms with Crippen LogP contribution in [-0.2, 0) is 9.59 Å². The number of amides is 2. The average Bonchev–Trinajstić information content (AvgIpc) is 3.01. The number of hydrogen-bond donors (Lipinski definition) is 2. The lowest BCUT2D eigenvalue weighted by Crippen LogP contribution is -2.46. The van der Waals surface area contributed by atoms with Crippen LogP contribution in [0.3, 0.4) is 0 Å². The molecule has 118 valence electrons. The molecular weight excluding hydrogens is 290 g/mol. The summed E-state index contributed by atoms with van der Waals surface area (Å²) < 4.78 is 0. The van der Waals surface area contributed by atoms with E-state index in [0.29, 0.717) is 13.0 Å². The molecule has 1 aromatic rings. The average molecular weight is 307 g/mol. The monoisotopic (exact) mass is 307 g/mol. The first-order valence-corrected chi connectivity index (χ1v) is 6.89. The molecule has 1 fully saturated rings. The highest BCUT2D eigenvalue weighted by atomic mass is 16.6. The Morgan fingerprint density at radius 2 is 2.32 bits per heavy atom. The van der Waals surface area contributed by atoms with Crippen LogP contribution in [0.25, 0.3) is 0 Å². The fraction of sp³-hybridized carbons (Fsp3) is 0.462. The summed E-state index contributed by atoms with van der Waals surface area (Å²) in [5.74, 6) is -0.447. The summed E-state index contributed by atoms with van der Waals surface area (Å²) in [7, 11) is 1.53. The van der Waals surface area contributed by atoms with Gasteiger partial charge in [-0.2, -0.15) is 0 Å². The number of pyridine rings is 1. The molecule has 2 heterocycles. The van der Waals surface area contributed by atoms with Crippen molar-refractivity contribution < 1.29 is 14.5 Å². The van der Waals surface area contributed by atoms with Gasteiger partial charge < -0.3 is 15.5 Å². The first-order chi connectivity index (χ1) is 10.5. The second-order valence-electron chi connectivity index (χ2n) is 4.84. The maximum Gasteiger partial charge on any atom is 0.311 e. The number of likely N-dealkylation sites (tertiary alicyclic amines) is 1. The highest BCUT2D eigenvalue weighted by Gasteiger charge is 2.33. The molecule has 9 heteroatoms. The minimum Gasteiger partial charge on any atom is -0.357 e. The third-order valence-corrected chi connectivity index (χ3v) is 3.51. The first-order valence-electron chi connectivity index (χ1n) is 6.89. The van der Waals surface area contributed by atoms with Crippen LogP contribution in [0.2, 0.25) is 0 Å². The molecule has 1 saturated heterocycles. The summed E-state index contributed by atoms with van der Waals surface area (Å²) in [5, 5.41) is 16.1. The van der Waals surface area contributed by atoms with Gasteiger partial charge in [0.2, 0.25) is 17.6 Å². The van der Waals surface area contributed by atoms with Crippen LogP contribution < -0.4 is 10.6 Å². The molecule has 2 N–H and O–H groups in total. The number of hydrogen-bond acceptors (Lipinski definition) is 6. The molecule has 1 aliphatic rings. The Hall–Kier alpha value is -2.71. The van der Waals surface area contributed by atoms with E-state index in [1.807, 2.05) is 0 Å². The van der Waals surface area contributed by atoms with Crippen molar-refractivity contribution in [2.75, 3.05) is 25.5 Å². The normalized spacial score (nSPS) is 17.1. The Kier molecular flexibility index (Phi) is 4.87. The van der Waals surface area contributed by atoms with Crippen molar-refractivity contribution in [1.82, 2.24) is 15.2 Å². The van der Waals surface area contributed by atoms with E-state index in [2.05, 4.69) is 15.6 Å². The van der Waals surface area contributed by atoms with Crippen LogP contribution >= 0.6 is 0 Å². The number of anilines is 1. The number of nitro groups is 1. The third-order valence-electron chi connectivity index (χ3n) is 3.51. The summed E-state index contributed by atoms with van der Waals surface area (Å²) in [4.78, 5) is 39.6. The van der Waals surface area contributed by atoms with Crippen LogP contribution in [-0.4, -0.2) is 52.8 Å². The predicted octanol–water partition coefficient (Wildman–Crippen LogP) is 0.139. The highest BCUT2D eigenvalue weighted by molar-refractivity contribution is 5.89. The van der Waals surface area contributed by atoms with Gasteiger partial charge in [0.1, 0.15) is 6.04 Å². The molecular formula is C13H17N5O4. The van der Waals surface area contributed by atoms with E-state index >= 15 is 0 Å². The second-order valence-corrected chi connectivity index (χ2v) is 4.84. The molecule has 1 aromatic heterocycles. The Morgan fingerprint density at radius 3 is 3.00 bits per heavy atom. The molecule has 2 amide bonds. The van der Waals surface area contributed by atoms with Gasteiger partial charge in [-0.05, 0) is 18.9 Å². The van der Waals surface area contributed by atoms with Gasteiger partial charge in [0, 0.05) is 25.9 Å². The zero-order valence-electron chi connectivity index (χ0n) is 12.1. The van der Waals surface area contributed by atoms with Crippen molar-refractivity contribution in [3.05, 3.63) is 28.4 Å². The molecule has 0 aliphatic carbocycles. The molecule has 0 saturated carbocycles. The lowest BCUT2D eigenvalue weighted by Gasteiger charge is -2.23. The Balaban J connectivity index is 2.01. The maximum atomic E-state index is 12.2. The third kappa shape index (κ3) is 3.30. The van der Waals surface area contributed by atoms with Crippen LogP contribution in [0.1, 0.15) is 12.8 Å². The molecule has 9 nitrogen and oxygen atoms in total. The molecule has 0 aromatic carbocycles. The van der Waals surface area contributed by atoms with E-state index < -0.39 is 11.0 Å². The summed E-state index contributed by atoms with van der Waals surface area (Å²) in [6, 6.07) is 2.29. The summed E-state index contributed by atoms with van der Waals surface area (Å²) >= 11 is 0. The smallest absolute Gasteiger partial charge is 0.311 e. The molecule has 22 heavy (non-hydrogen) atoms. The van der Waals surface area contributed by atoms with E-state index in [4.69, 9.17) is 0 Å². The minimum atomic E-state index is -0.566. The SMILES string of the molecule is CNC(=O)[C@H]1CCCN1C(=O)CNc1ncccc1[N+](=O)[O-]. The number of carbonyl (C=O) groups is 2. The quantitative estimate of drug-likeness (QED) is 0.590. The number of nitrogens with one attached hydrogen (secondary N) is 2. The van der Waals surface area contributed by atoms with Crippen molar-refractivity contribution in [3.8, 4) is 0 Å². The molecule has 0 radical (unpaired) electrons. The number of nitrogens with zero attached hydrogens (tertiary/aromatic N) is 3. The van der Waals surface area contributed by atoms with Crippen molar-refractivity contribution in [3.63, 3.8) is 0 Å². The number of aromatic nitrogens is 1. The van der Waals surface area contributed by atoms with Crippen LogP contribution in [0, 0.1) is 10.1 Å². The second kappa shape index (κ2) is 6.83. The summed E-state index contributed by atoms with van der Waals surface area (Å²) in [6.45, 7) is 0.355. The van der Waals surface area contributed by atoms with E-state index in [0.717, 1.165) is 6.42 Å². The van der Waals surface area contributed by atoms with Gasteiger partial charge in [-0.3, -0.25) is 19.7 Å². The largest absolute Gasteiger partial charge is 0.357 e. The zero-order chi connectivity index (χ0) is 16.1. The predicted molar refractivity (Wildman–Crippen MR) is 78.2 cm³/mol. The summed E-state index contributed by atoms with van der Waals surface area (Å²) in [6.07, 6.45) is 2.78. The Bertz CT molecular complexity index is 592. The fourth-order valence-corrected chi connectivity index (χ4v) is 2.45. The van der Waals surface area contributed by atoms with E-state index in [-0.39, 0.29) is 29.9 Å². The number of rotatable bonds is 5. The number of likely N-dealkylation sites (N-methyl/N-ethyl adjacent to an activating group) is 1. The van der Waals surface area contributed by atoms with Gasteiger partial charge in [0.15, 0.2) is 0 Å². The van der Waals surface area contributed by atoms with Crippen molar-refractivity contribution in [1.29, 1.82) is 0 Å². The number of carbonyl (C=O) groups excluding carboxylic acids is 2. The lowest BCUT2D eigenvalue weighted by molar-refractivity contribution is -0.384. The molecule has 1 atom stereocenters. The Morgan fingerprint density at radius 1 is 1.55 bits per heavy atom. The zero-order valence-corrected chi connectivity index (χ0v) is 12.1. The van der Waals surface area contributed by atoms with Crippen LogP contribution in [0.15, 0.2) is 18.3 Å². The van der Waals surface area contributed by atoms with Gasteiger partial charge in [-0.25, -0.2) is 4.98 Å². The first kappa shape index (κ1) is 15.7. The van der Waals surface area contributed by atoms with Gasteiger partial charge in [0.25, 0.3) is 0 Å². The maximum absolute atomic E-state index is 12.2. The molecule has 0 unspecified atom stereocenters. The van der Waals surface area contributed by atoms with Crippen molar-refractivity contribution >= 4 is 23.3 Å². The van der Waals surface area contributed by atoms with E-state index in [9.17, 15) is 19.7 Å². The van der Waals surface area contributed by atoms with Crippen molar-refractivity contribution in [2.24, 2.45) is 0 Å². The lowest BCUT2D eigenvalue weighted by atomic mass is 10.2. The highest BCUT2D eigenvalue weighted by Crippen LogP contribution is 2.21. The van der Waals surface area contributed by atoms with Gasteiger partial charge in [-0.15, -0.1) is 0 Å². The topological polar surface area (TPSA) is 117 Å². The fourth-order valence-electron chi connectivity index (χ4n) is 2.45. The van der Waals surface area contributed by atoms with Crippen LogP contribution in [0.5, 0.6) is 0 Å². The van der Waals surface area contributed by atoms with Gasteiger partial charge in [-0.1, -0.05) is 0 Å². The molecule has 0 bridgehead atoms. The molecule has 0 spiro atoms. The Labute approximate surface area is 126 Å². The van der Waals surface area contributed by atoms with Gasteiger partial charge >= 0.3 is 5.69 Å². The molecule has 2 rings (SSSR count). The van der Waals surface area contributed by atoms with Crippen molar-refractivity contribution in [2.45, 2.75) is 18.9 Å².